The number of nitrogens with zero attached hydrogens (tertiary/aromatic N) is 4. The Bertz CT molecular complexity index is 641. The molecule has 0 aliphatic carbocycles. The molecule has 21 heavy (non-hydrogen) atoms. The molecule has 2 aromatic rings. The van der Waals surface area contributed by atoms with E-state index in [1.54, 1.807) is 22.4 Å². The van der Waals surface area contributed by atoms with Crippen molar-refractivity contribution in [2.75, 3.05) is 19.8 Å². The summed E-state index contributed by atoms with van der Waals surface area (Å²) >= 11 is 1.58. The van der Waals surface area contributed by atoms with Crippen molar-refractivity contribution in [1.82, 2.24) is 19.9 Å². The van der Waals surface area contributed by atoms with Gasteiger partial charge >= 0.3 is 0 Å². The van der Waals surface area contributed by atoms with Gasteiger partial charge in [0.25, 0.3) is 5.91 Å². The molecule has 1 atom stereocenters. The van der Waals surface area contributed by atoms with Gasteiger partial charge in [0, 0.05) is 18.1 Å². The van der Waals surface area contributed by atoms with E-state index >= 15 is 0 Å². The average molecular weight is 304 g/mol. The molecule has 1 saturated heterocycles. The molecular formula is C14H16N4O2S. The summed E-state index contributed by atoms with van der Waals surface area (Å²) in [6, 6.07) is -0.153. The molecule has 1 amide bonds. The number of amides is 1. The second-order valence-electron chi connectivity index (χ2n) is 4.92. The van der Waals surface area contributed by atoms with Crippen molar-refractivity contribution < 1.29 is 9.53 Å². The lowest BCUT2D eigenvalue weighted by molar-refractivity contribution is -0.00409. The van der Waals surface area contributed by atoms with Crippen LogP contribution in [0.5, 0.6) is 0 Å². The molecule has 6 nitrogen and oxygen atoms in total. The van der Waals surface area contributed by atoms with Crippen LogP contribution in [-0.2, 0) is 4.74 Å². The van der Waals surface area contributed by atoms with E-state index in [2.05, 4.69) is 15.0 Å². The normalized spacial score (nSPS) is 18.8. The number of aryl methyl sites for hydroxylation is 2. The average Bonchev–Trinajstić information content (AvgIpc) is 2.94. The highest BCUT2D eigenvalue weighted by atomic mass is 32.1. The molecule has 0 N–H and O–H groups in total. The van der Waals surface area contributed by atoms with Crippen LogP contribution in [0.15, 0.2) is 17.8 Å². The lowest BCUT2D eigenvalue weighted by atomic mass is 10.1. The molecule has 3 heterocycles. The van der Waals surface area contributed by atoms with Crippen molar-refractivity contribution in [2.45, 2.75) is 19.9 Å². The molecule has 3 rings (SSSR count). The van der Waals surface area contributed by atoms with Crippen molar-refractivity contribution in [2.24, 2.45) is 0 Å². The Morgan fingerprint density at radius 1 is 1.38 bits per heavy atom. The summed E-state index contributed by atoms with van der Waals surface area (Å²) in [5.41, 5.74) is 2.03. The lowest BCUT2D eigenvalue weighted by Gasteiger charge is -2.34. The van der Waals surface area contributed by atoms with Gasteiger partial charge in [0.1, 0.15) is 5.69 Å². The maximum Gasteiger partial charge on any atom is 0.274 e. The van der Waals surface area contributed by atoms with Gasteiger partial charge in [-0.2, -0.15) is 0 Å². The minimum absolute atomic E-state index is 0.124. The fourth-order valence-corrected chi connectivity index (χ4v) is 2.93. The molecule has 7 heteroatoms. The Morgan fingerprint density at radius 2 is 2.24 bits per heavy atom. The first-order valence-electron chi connectivity index (χ1n) is 6.74. The zero-order valence-electron chi connectivity index (χ0n) is 11.9. The van der Waals surface area contributed by atoms with Gasteiger partial charge in [0.05, 0.1) is 41.8 Å². The van der Waals surface area contributed by atoms with Crippen LogP contribution in [0.3, 0.4) is 0 Å². The summed E-state index contributed by atoms with van der Waals surface area (Å²) in [6.07, 6.45) is 3.13. The highest BCUT2D eigenvalue weighted by Crippen LogP contribution is 2.26. The summed E-state index contributed by atoms with van der Waals surface area (Å²) in [5, 5.41) is 2.97. The molecule has 110 valence electrons. The Kier molecular flexibility index (Phi) is 3.94. The maximum atomic E-state index is 12.6. The molecular weight excluding hydrogens is 288 g/mol. The molecule has 0 saturated carbocycles. The van der Waals surface area contributed by atoms with Crippen molar-refractivity contribution >= 4 is 17.2 Å². The Balaban J connectivity index is 1.87. The van der Waals surface area contributed by atoms with E-state index in [1.165, 1.54) is 6.20 Å². The SMILES string of the molecule is Cc1cnc(C(=O)N2CCOC[C@H]2c2csc(C)n2)cn1. The molecule has 0 unspecified atom stereocenters. The number of aromatic nitrogens is 3. The van der Waals surface area contributed by atoms with Crippen LogP contribution in [0.1, 0.15) is 32.9 Å². The van der Waals surface area contributed by atoms with Gasteiger partial charge < -0.3 is 9.64 Å². The first kappa shape index (κ1) is 14.1. The number of thiazole rings is 1. The van der Waals surface area contributed by atoms with Crippen LogP contribution in [0.2, 0.25) is 0 Å². The number of hydrogen-bond acceptors (Lipinski definition) is 6. The van der Waals surface area contributed by atoms with E-state index in [0.29, 0.717) is 25.5 Å². The van der Waals surface area contributed by atoms with Crippen molar-refractivity contribution in [3.8, 4) is 0 Å². The van der Waals surface area contributed by atoms with Crippen LogP contribution < -0.4 is 0 Å². The number of morpholine rings is 1. The van der Waals surface area contributed by atoms with Crippen LogP contribution >= 0.6 is 11.3 Å². The van der Waals surface area contributed by atoms with Crippen molar-refractivity contribution in [3.05, 3.63) is 39.9 Å². The summed E-state index contributed by atoms with van der Waals surface area (Å²) < 4.78 is 5.52. The zero-order valence-corrected chi connectivity index (χ0v) is 12.8. The summed E-state index contributed by atoms with van der Waals surface area (Å²) in [6.45, 7) is 5.33. The molecule has 1 fully saturated rings. The maximum absolute atomic E-state index is 12.6. The van der Waals surface area contributed by atoms with Crippen LogP contribution in [0.4, 0.5) is 0 Å². The van der Waals surface area contributed by atoms with Gasteiger partial charge in [-0.15, -0.1) is 11.3 Å². The quantitative estimate of drug-likeness (QED) is 0.845. The molecule has 0 radical (unpaired) electrons. The minimum atomic E-state index is -0.153. The Morgan fingerprint density at radius 3 is 2.90 bits per heavy atom. The molecule has 0 bridgehead atoms. The molecule has 1 aliphatic heterocycles. The third-order valence-corrected chi connectivity index (χ3v) is 4.16. The smallest absolute Gasteiger partial charge is 0.274 e. The Hall–Kier alpha value is -1.86. The van der Waals surface area contributed by atoms with Crippen LogP contribution in [-0.4, -0.2) is 45.5 Å². The third kappa shape index (κ3) is 2.93. The predicted octanol–water partition coefficient (Wildman–Crippen LogP) is 1.76. The third-order valence-electron chi connectivity index (χ3n) is 3.37. The second kappa shape index (κ2) is 5.87. The number of rotatable bonds is 2. The van der Waals surface area contributed by atoms with E-state index in [1.807, 2.05) is 19.2 Å². The zero-order chi connectivity index (χ0) is 14.8. The van der Waals surface area contributed by atoms with E-state index < -0.39 is 0 Å². The summed E-state index contributed by atoms with van der Waals surface area (Å²) in [5.74, 6) is -0.124. The first-order valence-corrected chi connectivity index (χ1v) is 7.62. The first-order chi connectivity index (χ1) is 10.1. The number of carbonyl (C=O) groups excluding carboxylic acids is 1. The van der Waals surface area contributed by atoms with Gasteiger partial charge in [0.2, 0.25) is 0 Å². The standard InChI is InChI=1S/C14H16N4O2S/c1-9-5-16-11(6-15-9)14(19)18-3-4-20-7-13(18)12-8-21-10(2)17-12/h5-6,8,13H,3-4,7H2,1-2H3/t13-/m0/s1. The Labute approximate surface area is 126 Å². The topological polar surface area (TPSA) is 68.2 Å². The number of hydrogen-bond donors (Lipinski definition) is 0. The van der Waals surface area contributed by atoms with Gasteiger partial charge in [-0.25, -0.2) is 9.97 Å². The van der Waals surface area contributed by atoms with E-state index in [-0.39, 0.29) is 11.9 Å². The highest BCUT2D eigenvalue weighted by Gasteiger charge is 2.31. The minimum Gasteiger partial charge on any atom is -0.377 e. The molecule has 2 aromatic heterocycles. The largest absolute Gasteiger partial charge is 0.377 e. The monoisotopic (exact) mass is 304 g/mol. The number of ether oxygens (including phenoxy) is 1. The van der Waals surface area contributed by atoms with Crippen molar-refractivity contribution in [1.29, 1.82) is 0 Å². The van der Waals surface area contributed by atoms with Crippen molar-refractivity contribution in [3.63, 3.8) is 0 Å². The summed E-state index contributed by atoms with van der Waals surface area (Å²) in [7, 11) is 0. The van der Waals surface area contributed by atoms with Crippen LogP contribution in [0.25, 0.3) is 0 Å². The fraction of sp³-hybridized carbons (Fsp3) is 0.429. The lowest BCUT2D eigenvalue weighted by Crippen LogP contribution is -2.43. The second-order valence-corrected chi connectivity index (χ2v) is 5.99. The molecule has 0 spiro atoms. The number of carbonyl (C=O) groups is 1. The predicted molar refractivity (Wildman–Crippen MR) is 78.2 cm³/mol. The van der Waals surface area contributed by atoms with E-state index in [4.69, 9.17) is 4.74 Å². The van der Waals surface area contributed by atoms with Gasteiger partial charge in [-0.1, -0.05) is 0 Å². The highest BCUT2D eigenvalue weighted by molar-refractivity contribution is 7.09. The van der Waals surface area contributed by atoms with E-state index in [9.17, 15) is 4.79 Å². The fourth-order valence-electron chi connectivity index (χ4n) is 2.28. The van der Waals surface area contributed by atoms with Gasteiger partial charge in [-0.05, 0) is 13.8 Å². The molecule has 0 aromatic carbocycles. The van der Waals surface area contributed by atoms with Gasteiger partial charge in [-0.3, -0.25) is 9.78 Å². The van der Waals surface area contributed by atoms with Crippen LogP contribution in [0, 0.1) is 13.8 Å². The van der Waals surface area contributed by atoms with Gasteiger partial charge in [0.15, 0.2) is 0 Å². The van der Waals surface area contributed by atoms with E-state index in [0.717, 1.165) is 16.4 Å². The summed E-state index contributed by atoms with van der Waals surface area (Å²) in [4.78, 5) is 27.2. The molecule has 1 aliphatic rings.